The molecule has 0 aliphatic heterocycles. The van der Waals surface area contributed by atoms with E-state index in [1.165, 1.54) is 128 Å². The maximum absolute atomic E-state index is 12.9. The molecule has 0 aromatic rings. The Balaban J connectivity index is 4.45. The maximum atomic E-state index is 12.9. The zero-order valence-electron chi connectivity index (χ0n) is 52.5. The van der Waals surface area contributed by atoms with Crippen LogP contribution in [-0.2, 0) is 28.6 Å². The van der Waals surface area contributed by atoms with Crippen LogP contribution in [0, 0.1) is 0 Å². The van der Waals surface area contributed by atoms with Crippen molar-refractivity contribution in [2.75, 3.05) is 13.2 Å². The lowest BCUT2D eigenvalue weighted by Crippen LogP contribution is -2.30. The van der Waals surface area contributed by atoms with Crippen LogP contribution in [0.4, 0.5) is 0 Å². The first-order valence-corrected chi connectivity index (χ1v) is 33.3. The Bertz CT molecular complexity index is 1760. The largest absolute Gasteiger partial charge is 0.462 e. The molecule has 6 heteroatoms. The molecule has 0 saturated carbocycles. The van der Waals surface area contributed by atoms with Crippen molar-refractivity contribution in [1.82, 2.24) is 0 Å². The SMILES string of the molecule is CC/C=C\C/C=C\C/C=C\C/C=C\C/C=C\C/C=C\CCC(=O)OC(COC(=O)CCCCCCCCC/C=C\C/C=C\C/C=C\CC)COC(=O)CCCCCCCCCCCCCC/C=C\C/C=C\C/C=C\CCCCCCC. The van der Waals surface area contributed by atoms with Gasteiger partial charge >= 0.3 is 17.9 Å². The van der Waals surface area contributed by atoms with Crippen LogP contribution in [0.2, 0.25) is 0 Å². The van der Waals surface area contributed by atoms with Gasteiger partial charge in [0.05, 0.1) is 0 Å². The summed E-state index contributed by atoms with van der Waals surface area (Å²) in [6.45, 7) is 6.34. The molecule has 0 amide bonds. The fourth-order valence-electron chi connectivity index (χ4n) is 8.90. The molecule has 0 N–H and O–H groups in total. The van der Waals surface area contributed by atoms with Crippen molar-refractivity contribution in [3.8, 4) is 0 Å². The van der Waals surface area contributed by atoms with Crippen molar-refractivity contribution in [1.29, 1.82) is 0 Å². The second kappa shape index (κ2) is 67.8. The molecule has 0 spiro atoms. The Kier molecular flexibility index (Phi) is 63.9. The van der Waals surface area contributed by atoms with E-state index in [1.54, 1.807) is 0 Å². The van der Waals surface area contributed by atoms with E-state index in [0.717, 1.165) is 116 Å². The van der Waals surface area contributed by atoms with Crippen molar-refractivity contribution in [2.45, 2.75) is 297 Å². The van der Waals surface area contributed by atoms with E-state index < -0.39 is 12.1 Å². The second-order valence-electron chi connectivity index (χ2n) is 21.6. The number of rotatable bonds is 59. The highest BCUT2D eigenvalue weighted by Gasteiger charge is 2.19. The molecule has 0 saturated heterocycles. The van der Waals surface area contributed by atoms with Crippen LogP contribution in [0.1, 0.15) is 290 Å². The lowest BCUT2D eigenvalue weighted by atomic mass is 10.0. The van der Waals surface area contributed by atoms with Crippen molar-refractivity contribution in [3.63, 3.8) is 0 Å². The number of ether oxygens (including phenoxy) is 3. The molecule has 6 nitrogen and oxygen atoms in total. The Morgan fingerprint density at radius 1 is 0.259 bits per heavy atom. The van der Waals surface area contributed by atoms with Crippen molar-refractivity contribution >= 4 is 17.9 Å². The maximum Gasteiger partial charge on any atom is 0.306 e. The molecule has 0 heterocycles. The van der Waals surface area contributed by atoms with Crippen molar-refractivity contribution in [3.05, 3.63) is 146 Å². The van der Waals surface area contributed by atoms with Gasteiger partial charge in [0, 0.05) is 19.3 Å². The number of hydrogen-bond donors (Lipinski definition) is 0. The molecule has 0 aliphatic rings. The molecule has 0 aliphatic carbocycles. The fourth-order valence-corrected chi connectivity index (χ4v) is 8.90. The van der Waals surface area contributed by atoms with Gasteiger partial charge in [0.15, 0.2) is 6.10 Å². The summed E-state index contributed by atoms with van der Waals surface area (Å²) in [7, 11) is 0. The minimum Gasteiger partial charge on any atom is -0.462 e. The highest BCUT2D eigenvalue weighted by Crippen LogP contribution is 2.15. The number of carbonyl (C=O) groups is 3. The Hall–Kier alpha value is -4.71. The quantitative estimate of drug-likeness (QED) is 0.0261. The van der Waals surface area contributed by atoms with Crippen LogP contribution in [0.25, 0.3) is 0 Å². The first kappa shape index (κ1) is 76.3. The first-order valence-electron chi connectivity index (χ1n) is 33.3. The third kappa shape index (κ3) is 66.0. The zero-order valence-corrected chi connectivity index (χ0v) is 52.5. The van der Waals surface area contributed by atoms with Crippen LogP contribution in [0.3, 0.4) is 0 Å². The standard InChI is InChI=1S/C75H122O6/c1-4-7-10-13-16-19-22-25-28-31-33-34-35-36-37-38-39-40-42-44-47-50-53-56-59-62-65-68-74(77)80-71-72(70-79-73(76)67-64-61-58-55-52-49-46-43-30-27-24-21-18-15-12-9-6-3)81-75(78)69-66-63-60-57-54-51-48-45-41-32-29-26-23-20-17-14-11-8-5-2/h8-9,11-12,17-18,20-22,25-27,29-31,33,35-36,41,45,51,54,60,63,72H,4-7,10,13-16,19,23-24,28,32,34,37-40,42-44,46-50,52-53,55-59,61-62,64-71H2,1-3H3/b11-8-,12-9-,20-17-,21-18-,25-22-,29-26-,30-27-,33-31-,36-35-,45-41-,54-51-,63-60-. The predicted molar refractivity (Wildman–Crippen MR) is 352 cm³/mol. The molecule has 0 bridgehead atoms. The smallest absolute Gasteiger partial charge is 0.306 e. The lowest BCUT2D eigenvalue weighted by molar-refractivity contribution is -0.166. The summed E-state index contributed by atoms with van der Waals surface area (Å²) in [5.41, 5.74) is 0. The number of unbranched alkanes of at least 4 members (excludes halogenated alkanes) is 24. The van der Waals surface area contributed by atoms with Gasteiger partial charge in [-0.2, -0.15) is 0 Å². The van der Waals surface area contributed by atoms with Gasteiger partial charge in [0.1, 0.15) is 13.2 Å². The van der Waals surface area contributed by atoms with E-state index in [1.807, 2.05) is 6.08 Å². The molecule has 81 heavy (non-hydrogen) atoms. The lowest BCUT2D eigenvalue weighted by Gasteiger charge is -2.18. The molecule has 1 atom stereocenters. The summed E-state index contributed by atoms with van der Waals surface area (Å²) in [5, 5.41) is 0. The molecule has 458 valence electrons. The van der Waals surface area contributed by atoms with E-state index in [2.05, 4.69) is 161 Å². The molecule has 0 rings (SSSR count). The summed E-state index contributed by atoms with van der Waals surface area (Å²) in [6.07, 6.45) is 97.3. The first-order chi connectivity index (χ1) is 40.0. The minimum absolute atomic E-state index is 0.117. The third-order valence-corrected chi connectivity index (χ3v) is 13.8. The highest BCUT2D eigenvalue weighted by atomic mass is 16.6. The van der Waals surface area contributed by atoms with E-state index in [-0.39, 0.29) is 31.6 Å². The number of hydrogen-bond acceptors (Lipinski definition) is 6. The molecular formula is C75H122O6. The van der Waals surface area contributed by atoms with E-state index in [9.17, 15) is 14.4 Å². The number of esters is 3. The monoisotopic (exact) mass is 1120 g/mol. The average molecular weight is 1120 g/mol. The summed E-state index contributed by atoms with van der Waals surface area (Å²) < 4.78 is 16.9. The van der Waals surface area contributed by atoms with Crippen LogP contribution >= 0.6 is 0 Å². The Morgan fingerprint density at radius 2 is 0.506 bits per heavy atom. The molecule has 0 aromatic heterocycles. The van der Waals surface area contributed by atoms with Crippen LogP contribution < -0.4 is 0 Å². The summed E-state index contributed by atoms with van der Waals surface area (Å²) in [6, 6.07) is 0. The predicted octanol–water partition coefficient (Wildman–Crippen LogP) is 23.1. The highest BCUT2D eigenvalue weighted by molar-refractivity contribution is 5.71. The average Bonchev–Trinajstić information content (AvgIpc) is 3.47. The van der Waals surface area contributed by atoms with E-state index in [4.69, 9.17) is 14.2 Å². The Labute approximate surface area is 499 Å². The van der Waals surface area contributed by atoms with Gasteiger partial charge < -0.3 is 14.2 Å². The summed E-state index contributed by atoms with van der Waals surface area (Å²) in [4.78, 5) is 38.4. The van der Waals surface area contributed by atoms with Crippen molar-refractivity contribution < 1.29 is 28.6 Å². The van der Waals surface area contributed by atoms with Gasteiger partial charge in [-0.05, 0) is 128 Å². The molecule has 0 fully saturated rings. The van der Waals surface area contributed by atoms with Crippen LogP contribution in [0.15, 0.2) is 146 Å². The topological polar surface area (TPSA) is 78.9 Å². The summed E-state index contributed by atoms with van der Waals surface area (Å²) in [5.74, 6) is -1.01. The van der Waals surface area contributed by atoms with Gasteiger partial charge in [-0.1, -0.05) is 289 Å². The fraction of sp³-hybridized carbons (Fsp3) is 0.640. The minimum atomic E-state index is -0.831. The van der Waals surface area contributed by atoms with Crippen LogP contribution in [-0.4, -0.2) is 37.2 Å². The van der Waals surface area contributed by atoms with Gasteiger partial charge in [0.2, 0.25) is 0 Å². The van der Waals surface area contributed by atoms with Gasteiger partial charge in [-0.3, -0.25) is 14.4 Å². The normalized spacial score (nSPS) is 13.1. The summed E-state index contributed by atoms with van der Waals surface area (Å²) >= 11 is 0. The second-order valence-corrected chi connectivity index (χ2v) is 21.6. The van der Waals surface area contributed by atoms with Crippen LogP contribution in [0.5, 0.6) is 0 Å². The third-order valence-electron chi connectivity index (χ3n) is 13.8. The molecule has 0 radical (unpaired) electrons. The Morgan fingerprint density at radius 3 is 0.802 bits per heavy atom. The van der Waals surface area contributed by atoms with Gasteiger partial charge in [-0.25, -0.2) is 0 Å². The van der Waals surface area contributed by atoms with Crippen molar-refractivity contribution in [2.24, 2.45) is 0 Å². The zero-order chi connectivity index (χ0) is 58.5. The van der Waals surface area contributed by atoms with Gasteiger partial charge in [-0.15, -0.1) is 0 Å². The number of carbonyl (C=O) groups excluding carboxylic acids is 3. The molecular weight excluding hydrogens is 997 g/mol. The van der Waals surface area contributed by atoms with E-state index in [0.29, 0.717) is 19.3 Å². The molecule has 1 unspecified atom stereocenters. The van der Waals surface area contributed by atoms with E-state index >= 15 is 0 Å². The number of allylic oxidation sites excluding steroid dienone is 24. The van der Waals surface area contributed by atoms with Gasteiger partial charge in [0.25, 0.3) is 0 Å². The molecule has 0 aromatic carbocycles.